The van der Waals surface area contributed by atoms with Gasteiger partial charge in [0.15, 0.2) is 0 Å². The standard InChI is InChI=1S/C52H67ClO14/c1-4-47(54)62-35-11-7-5-10-34-61-43-27-29-46(30-28-43)67-52(59)41-19-23-44(24-20-41)65-49(56)37(2)13-14-38(3)64-50(57)39-17-25-45(26-18-39)66-51(58)40-15-21-42(22-16-40)60-33-9-6-8-12-36-63-48(55)31-32-53/h4,13-16,21-22,27-30,39,41,44-45H,1,5-12,17-20,23-26,31-36H2,2-3H3/b37-13+,38-14+. The van der Waals surface area contributed by atoms with Crippen molar-refractivity contribution in [2.45, 2.75) is 135 Å². The molecule has 0 atom stereocenters. The largest absolute Gasteiger partial charge is 0.494 e. The Kier molecular flexibility index (Phi) is 24.7. The van der Waals surface area contributed by atoms with Crippen LogP contribution in [0.1, 0.15) is 133 Å². The summed E-state index contributed by atoms with van der Waals surface area (Å²) in [6.07, 6.45) is 15.2. The number of esters is 6. The van der Waals surface area contributed by atoms with Crippen LogP contribution in [-0.4, -0.2) is 80.3 Å². The number of unbranched alkanes of at least 4 members (excludes halogenated alkanes) is 6. The van der Waals surface area contributed by atoms with Crippen molar-refractivity contribution >= 4 is 47.4 Å². The molecule has 366 valence electrons. The van der Waals surface area contributed by atoms with E-state index < -0.39 is 17.9 Å². The number of hydrogen-bond acceptors (Lipinski definition) is 14. The minimum Gasteiger partial charge on any atom is -0.494 e. The molecule has 2 aromatic carbocycles. The first-order chi connectivity index (χ1) is 32.4. The van der Waals surface area contributed by atoms with Gasteiger partial charge < -0.3 is 37.9 Å². The lowest BCUT2D eigenvalue weighted by Crippen LogP contribution is -2.30. The van der Waals surface area contributed by atoms with E-state index in [4.69, 9.17) is 49.5 Å². The van der Waals surface area contributed by atoms with Crippen LogP contribution in [0, 0.1) is 11.8 Å². The number of alkyl halides is 1. The van der Waals surface area contributed by atoms with Gasteiger partial charge in [0.25, 0.3) is 0 Å². The third-order valence-electron chi connectivity index (χ3n) is 11.4. The molecule has 0 unspecified atom stereocenters. The van der Waals surface area contributed by atoms with Crippen LogP contribution in [0.4, 0.5) is 0 Å². The van der Waals surface area contributed by atoms with Crippen molar-refractivity contribution in [1.29, 1.82) is 0 Å². The summed E-state index contributed by atoms with van der Waals surface area (Å²) >= 11 is 5.52. The highest BCUT2D eigenvalue weighted by atomic mass is 35.5. The Labute approximate surface area is 399 Å². The van der Waals surface area contributed by atoms with Crippen molar-refractivity contribution < 1.29 is 66.7 Å². The zero-order valence-corrected chi connectivity index (χ0v) is 39.8. The molecule has 2 aliphatic rings. The van der Waals surface area contributed by atoms with Crippen molar-refractivity contribution in [2.75, 3.05) is 32.3 Å². The average Bonchev–Trinajstić information content (AvgIpc) is 3.33. The molecule has 2 fully saturated rings. The number of carbonyl (C=O) groups excluding carboxylic acids is 6. The van der Waals surface area contributed by atoms with Crippen LogP contribution in [0.15, 0.2) is 84.7 Å². The summed E-state index contributed by atoms with van der Waals surface area (Å²) < 4.78 is 44.3. The van der Waals surface area contributed by atoms with E-state index in [0.717, 1.165) is 57.4 Å². The molecule has 14 nitrogen and oxygen atoms in total. The predicted octanol–water partition coefficient (Wildman–Crippen LogP) is 10.3. The Morgan fingerprint density at radius 1 is 0.597 bits per heavy atom. The van der Waals surface area contributed by atoms with Gasteiger partial charge in [0.05, 0.1) is 50.2 Å². The lowest BCUT2D eigenvalue weighted by Gasteiger charge is -2.27. The first kappa shape index (κ1) is 54.0. The molecule has 0 saturated heterocycles. The van der Waals surface area contributed by atoms with Crippen LogP contribution < -0.4 is 14.2 Å². The molecule has 15 heteroatoms. The molecule has 0 amide bonds. The second kappa shape index (κ2) is 30.6. The maximum Gasteiger partial charge on any atom is 0.338 e. The van der Waals surface area contributed by atoms with Crippen molar-refractivity contribution in [2.24, 2.45) is 11.8 Å². The maximum atomic E-state index is 12.9. The van der Waals surface area contributed by atoms with E-state index in [9.17, 15) is 28.8 Å². The summed E-state index contributed by atoms with van der Waals surface area (Å²) in [5.74, 6) is -0.524. The molecule has 0 aliphatic heterocycles. The molecule has 2 saturated carbocycles. The molecule has 0 bridgehead atoms. The fraction of sp³-hybridized carbons (Fsp3) is 0.538. The van der Waals surface area contributed by atoms with E-state index in [0.29, 0.717) is 112 Å². The number of hydrogen-bond donors (Lipinski definition) is 0. The van der Waals surface area contributed by atoms with Gasteiger partial charge in [-0.05, 0) is 177 Å². The van der Waals surface area contributed by atoms with E-state index in [2.05, 4.69) is 6.58 Å². The number of allylic oxidation sites excluding steroid dienone is 3. The minimum absolute atomic E-state index is 0.228. The zero-order valence-electron chi connectivity index (χ0n) is 39.0. The molecule has 0 N–H and O–H groups in total. The number of benzene rings is 2. The van der Waals surface area contributed by atoms with Crippen molar-refractivity contribution in [3.63, 3.8) is 0 Å². The summed E-state index contributed by atoms with van der Waals surface area (Å²) in [5, 5.41) is 0. The lowest BCUT2D eigenvalue weighted by molar-refractivity contribution is -0.148. The third-order valence-corrected chi connectivity index (χ3v) is 11.6. The minimum atomic E-state index is -0.479. The summed E-state index contributed by atoms with van der Waals surface area (Å²) in [4.78, 5) is 73.9. The Hall–Kier alpha value is -5.63. The van der Waals surface area contributed by atoms with Crippen LogP contribution >= 0.6 is 11.6 Å². The maximum absolute atomic E-state index is 12.9. The number of ether oxygens (including phenoxy) is 8. The Bertz CT molecular complexity index is 1940. The Balaban J connectivity index is 1.05. The fourth-order valence-corrected chi connectivity index (χ4v) is 7.59. The van der Waals surface area contributed by atoms with Gasteiger partial charge in [-0.1, -0.05) is 6.58 Å². The summed E-state index contributed by atoms with van der Waals surface area (Å²) in [7, 11) is 0. The van der Waals surface area contributed by atoms with Gasteiger partial charge >= 0.3 is 35.8 Å². The quantitative estimate of drug-likeness (QED) is 0.0115. The first-order valence-corrected chi connectivity index (χ1v) is 24.1. The fourth-order valence-electron chi connectivity index (χ4n) is 7.44. The SMILES string of the molecule is C=CC(=O)OCCCCCCOc1ccc(OC(=O)C2CCC(OC(=O)/C(C)=C/C=C(\C)OC(=O)C3CCC(OC(=O)c4ccc(OCCCCCCOC(=O)CCCl)cc4)CC3)CC2)cc1. The summed E-state index contributed by atoms with van der Waals surface area (Å²) in [6, 6.07) is 13.8. The zero-order chi connectivity index (χ0) is 48.2. The van der Waals surface area contributed by atoms with Gasteiger partial charge in [-0.3, -0.25) is 14.4 Å². The number of rotatable bonds is 28. The normalized spacial score (nSPS) is 18.4. The van der Waals surface area contributed by atoms with Crippen LogP contribution in [0.25, 0.3) is 0 Å². The van der Waals surface area contributed by atoms with E-state index in [1.165, 1.54) is 0 Å². The lowest BCUT2D eigenvalue weighted by atomic mass is 9.87. The highest BCUT2D eigenvalue weighted by Crippen LogP contribution is 2.30. The monoisotopic (exact) mass is 950 g/mol. The summed E-state index contributed by atoms with van der Waals surface area (Å²) in [5.41, 5.74) is 0.770. The van der Waals surface area contributed by atoms with Crippen molar-refractivity contribution in [3.8, 4) is 17.2 Å². The highest BCUT2D eigenvalue weighted by molar-refractivity contribution is 6.18. The molecule has 0 heterocycles. The molecular weight excluding hydrogens is 884 g/mol. The molecular formula is C52H67ClO14. The van der Waals surface area contributed by atoms with Gasteiger partial charge in [0.2, 0.25) is 0 Å². The van der Waals surface area contributed by atoms with Crippen LogP contribution in [0.5, 0.6) is 17.2 Å². The van der Waals surface area contributed by atoms with Gasteiger partial charge in [-0.25, -0.2) is 14.4 Å². The Morgan fingerprint density at radius 3 is 1.64 bits per heavy atom. The number of halogens is 1. The molecule has 0 spiro atoms. The van der Waals surface area contributed by atoms with Gasteiger partial charge in [-0.15, -0.1) is 11.6 Å². The van der Waals surface area contributed by atoms with Gasteiger partial charge in [0.1, 0.15) is 35.2 Å². The van der Waals surface area contributed by atoms with E-state index in [1.54, 1.807) is 74.5 Å². The molecule has 4 rings (SSSR count). The highest BCUT2D eigenvalue weighted by Gasteiger charge is 2.31. The van der Waals surface area contributed by atoms with E-state index >= 15 is 0 Å². The van der Waals surface area contributed by atoms with Gasteiger partial charge in [-0.2, -0.15) is 0 Å². The van der Waals surface area contributed by atoms with E-state index in [1.807, 2.05) is 0 Å². The van der Waals surface area contributed by atoms with Crippen LogP contribution in [0.3, 0.4) is 0 Å². The molecule has 2 aromatic rings. The topological polar surface area (TPSA) is 176 Å². The summed E-state index contributed by atoms with van der Waals surface area (Å²) in [6.45, 7) is 8.52. The second-order valence-corrected chi connectivity index (χ2v) is 17.2. The van der Waals surface area contributed by atoms with Gasteiger partial charge in [0, 0.05) is 17.5 Å². The molecule has 0 aromatic heterocycles. The number of carbonyl (C=O) groups is 6. The average molecular weight is 952 g/mol. The molecule has 2 aliphatic carbocycles. The second-order valence-electron chi connectivity index (χ2n) is 16.8. The third kappa shape index (κ3) is 21.3. The molecule has 67 heavy (non-hydrogen) atoms. The van der Waals surface area contributed by atoms with Crippen molar-refractivity contribution in [1.82, 2.24) is 0 Å². The first-order valence-electron chi connectivity index (χ1n) is 23.6. The van der Waals surface area contributed by atoms with Crippen molar-refractivity contribution in [3.05, 3.63) is 90.2 Å². The van der Waals surface area contributed by atoms with Crippen LogP contribution in [-0.2, 0) is 47.7 Å². The van der Waals surface area contributed by atoms with Crippen LogP contribution in [0.2, 0.25) is 0 Å². The Morgan fingerprint density at radius 2 is 1.09 bits per heavy atom. The van der Waals surface area contributed by atoms with E-state index in [-0.39, 0.29) is 54.3 Å². The molecule has 0 radical (unpaired) electrons. The predicted molar refractivity (Wildman–Crippen MR) is 251 cm³/mol. The smallest absolute Gasteiger partial charge is 0.338 e.